The predicted octanol–water partition coefficient (Wildman–Crippen LogP) is 3.94. The SMILES string of the molecule is COc1ccc(CCNC(=O)c2csc(-c3ccc(F)cc3)n2)cc1OC. The summed E-state index contributed by atoms with van der Waals surface area (Å²) in [6.45, 7) is 0.470. The molecule has 0 aliphatic carbocycles. The van der Waals surface area contributed by atoms with Gasteiger partial charge in [-0.1, -0.05) is 6.07 Å². The molecule has 0 saturated carbocycles. The average Bonchev–Trinajstić information content (AvgIpc) is 3.18. The van der Waals surface area contributed by atoms with E-state index in [9.17, 15) is 9.18 Å². The topological polar surface area (TPSA) is 60.5 Å². The van der Waals surface area contributed by atoms with E-state index in [2.05, 4.69) is 10.3 Å². The maximum atomic E-state index is 13.0. The summed E-state index contributed by atoms with van der Waals surface area (Å²) < 4.78 is 23.5. The van der Waals surface area contributed by atoms with Gasteiger partial charge in [0.05, 0.1) is 14.2 Å². The minimum Gasteiger partial charge on any atom is -0.493 e. The summed E-state index contributed by atoms with van der Waals surface area (Å²) in [5.74, 6) is 0.786. The zero-order valence-electron chi connectivity index (χ0n) is 15.0. The molecule has 0 fully saturated rings. The van der Waals surface area contributed by atoms with Gasteiger partial charge in [-0.25, -0.2) is 9.37 Å². The number of halogens is 1. The lowest BCUT2D eigenvalue weighted by atomic mass is 10.1. The first kappa shape index (κ1) is 18.8. The highest BCUT2D eigenvalue weighted by Gasteiger charge is 2.12. The first-order valence-electron chi connectivity index (χ1n) is 8.31. The van der Waals surface area contributed by atoms with Crippen LogP contribution in [0.25, 0.3) is 10.6 Å². The molecule has 0 atom stereocenters. The summed E-state index contributed by atoms with van der Waals surface area (Å²) >= 11 is 1.35. The molecule has 7 heteroatoms. The van der Waals surface area contributed by atoms with Crippen molar-refractivity contribution in [2.24, 2.45) is 0 Å². The molecule has 3 rings (SSSR count). The van der Waals surface area contributed by atoms with Crippen molar-refractivity contribution in [3.8, 4) is 22.1 Å². The van der Waals surface area contributed by atoms with E-state index < -0.39 is 0 Å². The third-order valence-corrected chi connectivity index (χ3v) is 4.87. The lowest BCUT2D eigenvalue weighted by molar-refractivity contribution is 0.0950. The molecule has 1 aromatic heterocycles. The van der Waals surface area contributed by atoms with Crippen molar-refractivity contribution < 1.29 is 18.7 Å². The molecule has 0 unspecified atom stereocenters. The number of rotatable bonds is 7. The second-order valence-electron chi connectivity index (χ2n) is 5.74. The number of amides is 1. The number of aromatic nitrogens is 1. The van der Waals surface area contributed by atoms with E-state index in [0.717, 1.165) is 11.1 Å². The highest BCUT2D eigenvalue weighted by molar-refractivity contribution is 7.13. The number of benzene rings is 2. The van der Waals surface area contributed by atoms with E-state index in [1.165, 1.54) is 23.5 Å². The fraction of sp³-hybridized carbons (Fsp3) is 0.200. The van der Waals surface area contributed by atoms with Crippen LogP contribution in [0, 0.1) is 5.82 Å². The fourth-order valence-electron chi connectivity index (χ4n) is 2.55. The van der Waals surface area contributed by atoms with Crippen molar-refractivity contribution >= 4 is 17.2 Å². The molecule has 3 aromatic rings. The van der Waals surface area contributed by atoms with Gasteiger partial charge in [-0.3, -0.25) is 4.79 Å². The molecule has 0 spiro atoms. The fourth-order valence-corrected chi connectivity index (χ4v) is 3.36. The van der Waals surface area contributed by atoms with Gasteiger partial charge in [0.2, 0.25) is 0 Å². The molecule has 140 valence electrons. The van der Waals surface area contributed by atoms with Gasteiger partial charge >= 0.3 is 0 Å². The number of carbonyl (C=O) groups is 1. The minimum atomic E-state index is -0.302. The highest BCUT2D eigenvalue weighted by atomic mass is 32.1. The van der Waals surface area contributed by atoms with Crippen LogP contribution in [-0.4, -0.2) is 31.7 Å². The van der Waals surface area contributed by atoms with Gasteiger partial charge in [-0.05, 0) is 48.4 Å². The number of thiazole rings is 1. The van der Waals surface area contributed by atoms with Crippen molar-refractivity contribution in [2.45, 2.75) is 6.42 Å². The van der Waals surface area contributed by atoms with Crippen LogP contribution in [0.5, 0.6) is 11.5 Å². The van der Waals surface area contributed by atoms with Crippen LogP contribution in [0.4, 0.5) is 4.39 Å². The summed E-state index contributed by atoms with van der Waals surface area (Å²) in [4.78, 5) is 16.6. The molecule has 1 N–H and O–H groups in total. The predicted molar refractivity (Wildman–Crippen MR) is 103 cm³/mol. The Balaban J connectivity index is 1.58. The summed E-state index contributed by atoms with van der Waals surface area (Å²) in [6.07, 6.45) is 0.654. The second kappa shape index (κ2) is 8.64. The van der Waals surface area contributed by atoms with Gasteiger partial charge in [0.15, 0.2) is 11.5 Å². The number of ether oxygens (including phenoxy) is 2. The normalized spacial score (nSPS) is 10.5. The Morgan fingerprint density at radius 3 is 2.56 bits per heavy atom. The summed E-state index contributed by atoms with van der Waals surface area (Å²) in [5, 5.41) is 5.24. The van der Waals surface area contributed by atoms with Crippen molar-refractivity contribution in [3.63, 3.8) is 0 Å². The Kier molecular flexibility index (Phi) is 6.03. The van der Waals surface area contributed by atoms with E-state index in [0.29, 0.717) is 35.2 Å². The maximum Gasteiger partial charge on any atom is 0.270 e. The molecule has 1 heterocycles. The summed E-state index contributed by atoms with van der Waals surface area (Å²) in [6, 6.07) is 11.7. The molecule has 27 heavy (non-hydrogen) atoms. The smallest absolute Gasteiger partial charge is 0.270 e. The van der Waals surface area contributed by atoms with Gasteiger partial charge in [0.1, 0.15) is 16.5 Å². The van der Waals surface area contributed by atoms with E-state index in [1.807, 2.05) is 18.2 Å². The molecular weight excluding hydrogens is 367 g/mol. The monoisotopic (exact) mass is 386 g/mol. The van der Waals surface area contributed by atoms with Crippen LogP contribution >= 0.6 is 11.3 Å². The highest BCUT2D eigenvalue weighted by Crippen LogP contribution is 2.27. The van der Waals surface area contributed by atoms with Crippen molar-refractivity contribution in [3.05, 3.63) is 64.9 Å². The molecule has 0 aliphatic heterocycles. The second-order valence-corrected chi connectivity index (χ2v) is 6.60. The van der Waals surface area contributed by atoms with Crippen LogP contribution in [0.2, 0.25) is 0 Å². The Morgan fingerprint density at radius 1 is 1.11 bits per heavy atom. The zero-order valence-corrected chi connectivity index (χ0v) is 15.8. The zero-order chi connectivity index (χ0) is 19.2. The molecule has 2 aromatic carbocycles. The Bertz CT molecular complexity index is 925. The van der Waals surface area contributed by atoms with Crippen LogP contribution in [0.3, 0.4) is 0 Å². The molecule has 0 aliphatic rings. The minimum absolute atomic E-state index is 0.236. The Morgan fingerprint density at radius 2 is 1.85 bits per heavy atom. The van der Waals surface area contributed by atoms with Crippen LogP contribution in [0.15, 0.2) is 47.8 Å². The van der Waals surface area contributed by atoms with E-state index in [1.54, 1.807) is 31.7 Å². The van der Waals surface area contributed by atoms with Crippen molar-refractivity contribution in [1.29, 1.82) is 0 Å². The first-order valence-corrected chi connectivity index (χ1v) is 9.19. The molecular formula is C20H19FN2O3S. The van der Waals surface area contributed by atoms with Crippen molar-refractivity contribution in [1.82, 2.24) is 10.3 Å². The van der Waals surface area contributed by atoms with Crippen LogP contribution in [0.1, 0.15) is 16.1 Å². The van der Waals surface area contributed by atoms with Gasteiger partial charge in [-0.2, -0.15) is 0 Å². The molecule has 0 bridgehead atoms. The number of nitrogens with one attached hydrogen (secondary N) is 1. The van der Waals surface area contributed by atoms with Gasteiger partial charge in [0, 0.05) is 17.5 Å². The van der Waals surface area contributed by atoms with E-state index in [4.69, 9.17) is 9.47 Å². The lowest BCUT2D eigenvalue weighted by Crippen LogP contribution is -2.25. The van der Waals surface area contributed by atoms with E-state index >= 15 is 0 Å². The summed E-state index contributed by atoms with van der Waals surface area (Å²) in [5.41, 5.74) is 2.16. The number of methoxy groups -OCH3 is 2. The third kappa shape index (κ3) is 4.62. The molecule has 1 amide bonds. The third-order valence-electron chi connectivity index (χ3n) is 3.98. The van der Waals surface area contributed by atoms with Crippen LogP contribution in [-0.2, 0) is 6.42 Å². The van der Waals surface area contributed by atoms with Crippen LogP contribution < -0.4 is 14.8 Å². The van der Waals surface area contributed by atoms with Gasteiger partial charge in [0.25, 0.3) is 5.91 Å². The number of hydrogen-bond acceptors (Lipinski definition) is 5. The first-order chi connectivity index (χ1) is 13.1. The van der Waals surface area contributed by atoms with Gasteiger partial charge in [-0.15, -0.1) is 11.3 Å². The maximum absolute atomic E-state index is 13.0. The standard InChI is InChI=1S/C20H19FN2O3S/c1-25-17-8-3-13(11-18(17)26-2)9-10-22-19(24)16-12-27-20(23-16)14-4-6-15(21)7-5-14/h3-8,11-12H,9-10H2,1-2H3,(H,22,24). The summed E-state index contributed by atoms with van der Waals surface area (Å²) in [7, 11) is 3.18. The number of hydrogen-bond donors (Lipinski definition) is 1. The van der Waals surface area contributed by atoms with E-state index in [-0.39, 0.29) is 11.7 Å². The van der Waals surface area contributed by atoms with Gasteiger partial charge < -0.3 is 14.8 Å². The molecule has 0 radical (unpaired) electrons. The average molecular weight is 386 g/mol. The molecule has 5 nitrogen and oxygen atoms in total. The van der Waals surface area contributed by atoms with Crippen molar-refractivity contribution in [2.75, 3.05) is 20.8 Å². The largest absolute Gasteiger partial charge is 0.493 e. The molecule has 0 saturated heterocycles. The Labute approximate surface area is 160 Å². The number of nitrogens with zero attached hydrogens (tertiary/aromatic N) is 1. The Hall–Kier alpha value is -2.93. The quantitative estimate of drug-likeness (QED) is 0.668. The number of carbonyl (C=O) groups excluding carboxylic acids is 1. The lowest BCUT2D eigenvalue weighted by Gasteiger charge is -2.09.